The molecule has 0 radical (unpaired) electrons. The van der Waals surface area contributed by atoms with Crippen molar-refractivity contribution in [1.29, 1.82) is 0 Å². The van der Waals surface area contributed by atoms with Crippen LogP contribution in [0.3, 0.4) is 0 Å². The molecule has 0 saturated carbocycles. The molecule has 2 aromatic rings. The molecule has 24 heavy (non-hydrogen) atoms. The summed E-state index contributed by atoms with van der Waals surface area (Å²) in [5.41, 5.74) is 2.33. The Balaban J connectivity index is 1.68. The molecule has 1 aliphatic heterocycles. The van der Waals surface area contributed by atoms with Crippen molar-refractivity contribution in [2.75, 3.05) is 23.3 Å². The molecule has 1 fully saturated rings. The number of hydrogen-bond donors (Lipinski definition) is 1. The highest BCUT2D eigenvalue weighted by atomic mass is 79.9. The van der Waals surface area contributed by atoms with Crippen LogP contribution in [0.2, 0.25) is 0 Å². The average molecular weight is 391 g/mol. The van der Waals surface area contributed by atoms with Crippen LogP contribution >= 0.6 is 15.9 Å². The average Bonchev–Trinajstić information content (AvgIpc) is 2.84. The molecule has 1 amide bonds. The van der Waals surface area contributed by atoms with Gasteiger partial charge in [-0.3, -0.25) is 4.79 Å². The fraction of sp³-hybridized carbons (Fsp3) is 0.316. The number of nitrogens with zero attached hydrogens (tertiary/aromatic N) is 1. The van der Waals surface area contributed by atoms with Crippen LogP contribution in [0.25, 0.3) is 0 Å². The summed E-state index contributed by atoms with van der Waals surface area (Å²) in [4.78, 5) is 14.7. The zero-order valence-corrected chi connectivity index (χ0v) is 15.0. The van der Waals surface area contributed by atoms with E-state index in [2.05, 4.69) is 26.1 Å². The first-order chi connectivity index (χ1) is 11.6. The van der Waals surface area contributed by atoms with Crippen LogP contribution in [0, 0.1) is 5.82 Å². The maximum absolute atomic E-state index is 13.1. The van der Waals surface area contributed by atoms with E-state index in [0.29, 0.717) is 10.0 Å². The van der Waals surface area contributed by atoms with E-state index in [1.165, 1.54) is 49.6 Å². The monoisotopic (exact) mass is 390 g/mol. The van der Waals surface area contributed by atoms with Gasteiger partial charge in [0, 0.05) is 28.9 Å². The van der Waals surface area contributed by atoms with Gasteiger partial charge in [-0.25, -0.2) is 4.39 Å². The molecule has 0 aromatic heterocycles. The van der Waals surface area contributed by atoms with Crippen molar-refractivity contribution in [3.63, 3.8) is 0 Å². The molecule has 3 rings (SSSR count). The summed E-state index contributed by atoms with van der Waals surface area (Å²) < 4.78 is 13.6. The van der Waals surface area contributed by atoms with Crippen LogP contribution < -0.4 is 10.2 Å². The molecule has 3 nitrogen and oxygen atoms in total. The summed E-state index contributed by atoms with van der Waals surface area (Å²) >= 11 is 3.22. The fourth-order valence-corrected chi connectivity index (χ4v) is 3.49. The van der Waals surface area contributed by atoms with E-state index in [0.717, 1.165) is 18.8 Å². The molecule has 0 aliphatic carbocycles. The lowest BCUT2D eigenvalue weighted by molar-refractivity contribution is 0.102. The highest BCUT2D eigenvalue weighted by molar-refractivity contribution is 9.10. The van der Waals surface area contributed by atoms with Crippen LogP contribution in [-0.2, 0) is 0 Å². The van der Waals surface area contributed by atoms with Crippen molar-refractivity contribution in [1.82, 2.24) is 0 Å². The molecule has 0 spiro atoms. The minimum atomic E-state index is -0.375. The van der Waals surface area contributed by atoms with Gasteiger partial charge in [0.25, 0.3) is 5.91 Å². The van der Waals surface area contributed by atoms with Crippen LogP contribution in [0.1, 0.15) is 36.0 Å². The number of hydrogen-bond acceptors (Lipinski definition) is 2. The summed E-state index contributed by atoms with van der Waals surface area (Å²) in [5.74, 6) is -0.635. The molecular formula is C19H20BrFN2O. The summed E-state index contributed by atoms with van der Waals surface area (Å²) in [7, 11) is 0. The lowest BCUT2D eigenvalue weighted by Crippen LogP contribution is -2.23. The van der Waals surface area contributed by atoms with E-state index in [1.54, 1.807) is 0 Å². The van der Waals surface area contributed by atoms with Crippen LogP contribution in [0.5, 0.6) is 0 Å². The summed E-state index contributed by atoms with van der Waals surface area (Å²) in [6, 6.07) is 12.0. The van der Waals surface area contributed by atoms with Gasteiger partial charge in [-0.2, -0.15) is 0 Å². The van der Waals surface area contributed by atoms with Crippen molar-refractivity contribution in [3.05, 3.63) is 58.3 Å². The first kappa shape index (κ1) is 17.0. The molecular weight excluding hydrogens is 371 g/mol. The molecule has 1 heterocycles. The predicted molar refractivity (Wildman–Crippen MR) is 99.2 cm³/mol. The van der Waals surface area contributed by atoms with E-state index in [9.17, 15) is 9.18 Å². The largest absolute Gasteiger partial charge is 0.372 e. The summed E-state index contributed by atoms with van der Waals surface area (Å²) in [5, 5.41) is 2.85. The van der Waals surface area contributed by atoms with Crippen molar-refractivity contribution in [3.8, 4) is 0 Å². The van der Waals surface area contributed by atoms with Gasteiger partial charge in [-0.1, -0.05) is 12.8 Å². The first-order valence-corrected chi connectivity index (χ1v) is 9.04. The van der Waals surface area contributed by atoms with Gasteiger partial charge in [-0.15, -0.1) is 0 Å². The molecule has 1 N–H and O–H groups in total. The van der Waals surface area contributed by atoms with E-state index in [1.807, 2.05) is 24.3 Å². The summed E-state index contributed by atoms with van der Waals surface area (Å²) in [6.45, 7) is 2.18. The third kappa shape index (κ3) is 4.15. The Hall–Kier alpha value is -1.88. The molecule has 5 heteroatoms. The number of nitrogens with one attached hydrogen (secondary N) is 1. The van der Waals surface area contributed by atoms with Gasteiger partial charge >= 0.3 is 0 Å². The Morgan fingerprint density at radius 3 is 2.29 bits per heavy atom. The van der Waals surface area contributed by atoms with Crippen LogP contribution in [0.15, 0.2) is 46.9 Å². The molecule has 126 valence electrons. The van der Waals surface area contributed by atoms with Gasteiger partial charge in [0.05, 0.1) is 5.56 Å². The minimum Gasteiger partial charge on any atom is -0.372 e. The van der Waals surface area contributed by atoms with E-state index < -0.39 is 0 Å². The topological polar surface area (TPSA) is 32.3 Å². The second-order valence-electron chi connectivity index (χ2n) is 6.03. The van der Waals surface area contributed by atoms with Crippen molar-refractivity contribution < 1.29 is 9.18 Å². The Labute approximate surface area is 150 Å². The fourth-order valence-electron chi connectivity index (χ4n) is 2.96. The van der Waals surface area contributed by atoms with Gasteiger partial charge in [-0.05, 0) is 71.2 Å². The van der Waals surface area contributed by atoms with Gasteiger partial charge in [0.1, 0.15) is 5.82 Å². The van der Waals surface area contributed by atoms with Crippen molar-refractivity contribution >= 4 is 33.2 Å². The normalized spacial score (nSPS) is 15.0. The van der Waals surface area contributed by atoms with Crippen molar-refractivity contribution in [2.45, 2.75) is 25.7 Å². The maximum Gasteiger partial charge on any atom is 0.256 e. The van der Waals surface area contributed by atoms with E-state index >= 15 is 0 Å². The second kappa shape index (κ2) is 7.79. The Morgan fingerprint density at radius 1 is 1.00 bits per heavy atom. The first-order valence-electron chi connectivity index (χ1n) is 8.25. The standard InChI is InChI=1S/C19H20BrFN2O/c20-18-13-14(21)5-10-17(18)19(24)22-15-6-8-16(9-7-15)23-11-3-1-2-4-12-23/h5-10,13H,1-4,11-12H2,(H,22,24). The molecule has 0 unspecified atom stereocenters. The third-order valence-corrected chi connectivity index (χ3v) is 4.93. The minimum absolute atomic E-state index is 0.260. The van der Waals surface area contributed by atoms with Crippen molar-refractivity contribution in [2.24, 2.45) is 0 Å². The van der Waals surface area contributed by atoms with E-state index in [4.69, 9.17) is 0 Å². The van der Waals surface area contributed by atoms with Crippen LogP contribution in [0.4, 0.5) is 15.8 Å². The molecule has 2 aromatic carbocycles. The third-order valence-electron chi connectivity index (χ3n) is 4.27. The Kier molecular flexibility index (Phi) is 5.51. The number of halogens is 2. The molecule has 1 saturated heterocycles. The zero-order chi connectivity index (χ0) is 16.9. The highest BCUT2D eigenvalue weighted by Gasteiger charge is 2.12. The van der Waals surface area contributed by atoms with Crippen LogP contribution in [-0.4, -0.2) is 19.0 Å². The van der Waals surface area contributed by atoms with Gasteiger partial charge in [0.2, 0.25) is 0 Å². The predicted octanol–water partition coefficient (Wildman–Crippen LogP) is 5.22. The quantitative estimate of drug-likeness (QED) is 0.778. The highest BCUT2D eigenvalue weighted by Crippen LogP contribution is 2.23. The number of anilines is 2. The Bertz CT molecular complexity index is 710. The van der Waals surface area contributed by atoms with Gasteiger partial charge < -0.3 is 10.2 Å². The lowest BCUT2D eigenvalue weighted by atomic mass is 10.2. The van der Waals surface area contributed by atoms with Gasteiger partial charge in [0.15, 0.2) is 0 Å². The van der Waals surface area contributed by atoms with E-state index in [-0.39, 0.29) is 11.7 Å². The smallest absolute Gasteiger partial charge is 0.256 e. The molecule has 0 bridgehead atoms. The second-order valence-corrected chi connectivity index (χ2v) is 6.88. The number of rotatable bonds is 3. The zero-order valence-electron chi connectivity index (χ0n) is 13.4. The number of benzene rings is 2. The lowest BCUT2D eigenvalue weighted by Gasteiger charge is -2.22. The SMILES string of the molecule is O=C(Nc1ccc(N2CCCCCC2)cc1)c1ccc(F)cc1Br. The maximum atomic E-state index is 13.1. The Morgan fingerprint density at radius 2 is 1.67 bits per heavy atom. The molecule has 0 atom stereocenters. The number of carbonyl (C=O) groups is 1. The molecule has 1 aliphatic rings. The summed E-state index contributed by atoms with van der Waals surface area (Å²) in [6.07, 6.45) is 5.07. The number of amides is 1. The number of carbonyl (C=O) groups excluding carboxylic acids is 1.